The van der Waals surface area contributed by atoms with Crippen LogP contribution in [0.4, 0.5) is 0 Å². The topological polar surface area (TPSA) is 0 Å². The molecule has 2 rings (SSSR count). The first-order chi connectivity index (χ1) is 6.77. The molecule has 1 aromatic rings. The summed E-state index contributed by atoms with van der Waals surface area (Å²) >= 11 is 6.21. The summed E-state index contributed by atoms with van der Waals surface area (Å²) in [6.45, 7) is 3.99. The number of benzene rings is 1. The highest BCUT2D eigenvalue weighted by molar-refractivity contribution is 6.22. The lowest BCUT2D eigenvalue weighted by Crippen LogP contribution is -2.16. The summed E-state index contributed by atoms with van der Waals surface area (Å²) in [7, 11) is 0. The quantitative estimate of drug-likeness (QED) is 0.479. The molecule has 0 nitrogen and oxygen atoms in total. The van der Waals surface area contributed by atoms with E-state index in [4.69, 9.17) is 11.6 Å². The molecule has 0 aliphatic heterocycles. The van der Waals surface area contributed by atoms with E-state index in [1.807, 2.05) is 0 Å². The van der Waals surface area contributed by atoms with Crippen molar-refractivity contribution < 1.29 is 0 Å². The van der Waals surface area contributed by atoms with E-state index in [0.29, 0.717) is 5.92 Å². The van der Waals surface area contributed by atoms with Crippen molar-refractivity contribution in [2.24, 2.45) is 0 Å². The molecule has 74 valence electrons. The maximum atomic E-state index is 6.21. The van der Waals surface area contributed by atoms with Gasteiger partial charge < -0.3 is 0 Å². The minimum atomic E-state index is 0.175. The molecule has 1 aliphatic carbocycles. The van der Waals surface area contributed by atoms with Gasteiger partial charge in [0.1, 0.15) is 0 Å². The molecule has 0 bridgehead atoms. The first kappa shape index (κ1) is 9.79. The van der Waals surface area contributed by atoms with Crippen molar-refractivity contribution in [2.45, 2.75) is 30.6 Å². The predicted octanol–water partition coefficient (Wildman–Crippen LogP) is 4.12. The lowest BCUT2D eigenvalue weighted by Gasteiger charge is -2.27. The van der Waals surface area contributed by atoms with Crippen LogP contribution in [0.2, 0.25) is 0 Å². The van der Waals surface area contributed by atoms with Gasteiger partial charge in [-0.3, -0.25) is 0 Å². The van der Waals surface area contributed by atoms with Crippen LogP contribution in [-0.2, 0) is 0 Å². The van der Waals surface area contributed by atoms with E-state index in [1.165, 1.54) is 17.6 Å². The Labute approximate surface area is 90.6 Å². The van der Waals surface area contributed by atoms with Gasteiger partial charge in [-0.25, -0.2) is 0 Å². The van der Waals surface area contributed by atoms with E-state index in [2.05, 4.69) is 36.9 Å². The summed E-state index contributed by atoms with van der Waals surface area (Å²) in [6, 6.07) is 10.7. The van der Waals surface area contributed by atoms with Crippen LogP contribution in [0.3, 0.4) is 0 Å². The Bertz CT molecular complexity index is 315. The van der Waals surface area contributed by atoms with Crippen LogP contribution in [0.15, 0.2) is 42.5 Å². The fourth-order valence-electron chi connectivity index (χ4n) is 2.08. The molecule has 14 heavy (non-hydrogen) atoms. The number of hydrogen-bond donors (Lipinski definition) is 0. The van der Waals surface area contributed by atoms with Crippen LogP contribution in [-0.4, -0.2) is 5.38 Å². The summed E-state index contributed by atoms with van der Waals surface area (Å²) in [5, 5.41) is 0.175. The first-order valence-electron chi connectivity index (χ1n) is 5.14. The first-order valence-corrected chi connectivity index (χ1v) is 5.57. The minimum Gasteiger partial charge on any atom is -0.118 e. The van der Waals surface area contributed by atoms with E-state index >= 15 is 0 Å². The molecule has 1 fully saturated rings. The number of hydrogen-bond acceptors (Lipinski definition) is 0. The molecular weight excluding hydrogens is 192 g/mol. The SMILES string of the molecule is C=C1CCC(c2ccccc2)CC1Cl. The Hall–Kier alpha value is -0.750. The van der Waals surface area contributed by atoms with E-state index in [-0.39, 0.29) is 5.38 Å². The fourth-order valence-corrected chi connectivity index (χ4v) is 2.40. The Morgan fingerprint density at radius 1 is 1.21 bits per heavy atom. The smallest absolute Gasteiger partial charge is 0.0548 e. The number of halogens is 1. The molecule has 0 amide bonds. The Morgan fingerprint density at radius 2 is 1.93 bits per heavy atom. The summed E-state index contributed by atoms with van der Waals surface area (Å²) in [4.78, 5) is 0. The molecule has 0 aromatic heterocycles. The van der Waals surface area contributed by atoms with Crippen molar-refractivity contribution in [3.05, 3.63) is 48.0 Å². The number of rotatable bonds is 1. The van der Waals surface area contributed by atoms with Gasteiger partial charge >= 0.3 is 0 Å². The van der Waals surface area contributed by atoms with E-state index in [9.17, 15) is 0 Å². The van der Waals surface area contributed by atoms with Gasteiger partial charge in [0.2, 0.25) is 0 Å². The van der Waals surface area contributed by atoms with Crippen LogP contribution >= 0.6 is 11.6 Å². The second-order valence-electron chi connectivity index (χ2n) is 4.01. The molecule has 1 aliphatic rings. The summed E-state index contributed by atoms with van der Waals surface area (Å²) in [5.41, 5.74) is 2.63. The van der Waals surface area contributed by atoms with E-state index in [0.717, 1.165) is 12.8 Å². The second kappa shape index (κ2) is 4.18. The van der Waals surface area contributed by atoms with Crippen LogP contribution < -0.4 is 0 Å². The highest BCUT2D eigenvalue weighted by atomic mass is 35.5. The van der Waals surface area contributed by atoms with Gasteiger partial charge in [-0.1, -0.05) is 42.5 Å². The van der Waals surface area contributed by atoms with Crippen molar-refractivity contribution in [3.8, 4) is 0 Å². The largest absolute Gasteiger partial charge is 0.118 e. The third-order valence-electron chi connectivity index (χ3n) is 3.02. The second-order valence-corrected chi connectivity index (χ2v) is 4.53. The van der Waals surface area contributed by atoms with Gasteiger partial charge in [0.05, 0.1) is 5.38 Å². The highest BCUT2D eigenvalue weighted by Gasteiger charge is 2.23. The zero-order valence-corrected chi connectivity index (χ0v) is 9.00. The van der Waals surface area contributed by atoms with Crippen molar-refractivity contribution in [1.82, 2.24) is 0 Å². The third-order valence-corrected chi connectivity index (χ3v) is 3.51. The summed E-state index contributed by atoms with van der Waals surface area (Å²) in [6.07, 6.45) is 3.32. The number of allylic oxidation sites excluding steroid dienone is 1. The molecule has 0 heterocycles. The maximum absolute atomic E-state index is 6.21. The molecule has 2 unspecified atom stereocenters. The molecule has 0 radical (unpaired) electrons. The van der Waals surface area contributed by atoms with Gasteiger partial charge in [0, 0.05) is 0 Å². The van der Waals surface area contributed by atoms with Crippen molar-refractivity contribution in [2.75, 3.05) is 0 Å². The van der Waals surface area contributed by atoms with Crippen LogP contribution in [0.1, 0.15) is 30.7 Å². The summed E-state index contributed by atoms with van der Waals surface area (Å²) < 4.78 is 0. The normalized spacial score (nSPS) is 27.6. The average Bonchev–Trinajstić information content (AvgIpc) is 2.23. The molecular formula is C13H15Cl. The Kier molecular flexibility index (Phi) is 2.93. The standard InChI is InChI=1S/C13H15Cl/c1-10-7-8-12(9-13(10)14)11-5-3-2-4-6-11/h2-6,12-13H,1,7-9H2. The molecule has 0 N–H and O–H groups in total. The fraction of sp³-hybridized carbons (Fsp3) is 0.385. The van der Waals surface area contributed by atoms with Gasteiger partial charge in [0.15, 0.2) is 0 Å². The van der Waals surface area contributed by atoms with Crippen LogP contribution in [0.25, 0.3) is 0 Å². The maximum Gasteiger partial charge on any atom is 0.0548 e. The molecule has 2 atom stereocenters. The Morgan fingerprint density at radius 3 is 2.57 bits per heavy atom. The Balaban J connectivity index is 2.11. The average molecular weight is 207 g/mol. The third kappa shape index (κ3) is 2.01. The van der Waals surface area contributed by atoms with Crippen LogP contribution in [0, 0.1) is 0 Å². The van der Waals surface area contributed by atoms with Gasteiger partial charge in [0.25, 0.3) is 0 Å². The molecule has 0 saturated heterocycles. The molecule has 0 spiro atoms. The van der Waals surface area contributed by atoms with Crippen molar-refractivity contribution in [3.63, 3.8) is 0 Å². The molecule has 1 heteroatoms. The van der Waals surface area contributed by atoms with Gasteiger partial charge in [-0.15, -0.1) is 11.6 Å². The number of alkyl halides is 1. The monoisotopic (exact) mass is 206 g/mol. The van der Waals surface area contributed by atoms with Crippen molar-refractivity contribution >= 4 is 11.6 Å². The lowest BCUT2D eigenvalue weighted by atomic mass is 9.82. The van der Waals surface area contributed by atoms with Gasteiger partial charge in [-0.05, 0) is 30.7 Å². The van der Waals surface area contributed by atoms with E-state index < -0.39 is 0 Å². The molecule has 1 saturated carbocycles. The van der Waals surface area contributed by atoms with E-state index in [1.54, 1.807) is 0 Å². The van der Waals surface area contributed by atoms with Gasteiger partial charge in [-0.2, -0.15) is 0 Å². The van der Waals surface area contributed by atoms with Crippen molar-refractivity contribution in [1.29, 1.82) is 0 Å². The zero-order valence-electron chi connectivity index (χ0n) is 8.25. The summed E-state index contributed by atoms with van der Waals surface area (Å²) in [5.74, 6) is 0.629. The van der Waals surface area contributed by atoms with Crippen LogP contribution in [0.5, 0.6) is 0 Å². The lowest BCUT2D eigenvalue weighted by molar-refractivity contribution is 0.523. The molecule has 1 aromatic carbocycles. The predicted molar refractivity (Wildman–Crippen MR) is 61.8 cm³/mol. The highest BCUT2D eigenvalue weighted by Crippen LogP contribution is 2.37. The minimum absolute atomic E-state index is 0.175. The zero-order chi connectivity index (χ0) is 9.97.